The SMILES string of the molecule is CC(C)(c1ccc(OCC(O)CNCc2cccc(CN)c2)cc1)c1ccc(OCC(O)CNCc2cccc(CN)c2)cc1. The Hall–Kier alpha value is -3.76. The van der Waals surface area contributed by atoms with Crippen molar-refractivity contribution in [3.05, 3.63) is 130 Å². The van der Waals surface area contributed by atoms with E-state index < -0.39 is 12.2 Å². The molecule has 2 unspecified atom stereocenters. The molecule has 0 spiro atoms. The van der Waals surface area contributed by atoms with Crippen molar-refractivity contribution in [3.63, 3.8) is 0 Å². The van der Waals surface area contributed by atoms with Gasteiger partial charge in [0.25, 0.3) is 0 Å². The molecule has 0 bridgehead atoms. The summed E-state index contributed by atoms with van der Waals surface area (Å²) in [6.07, 6.45) is -1.26. The molecule has 0 amide bonds. The Labute approximate surface area is 267 Å². The molecule has 8 heteroatoms. The van der Waals surface area contributed by atoms with Crippen molar-refractivity contribution in [2.45, 2.75) is 57.6 Å². The molecule has 0 aliphatic heterocycles. The summed E-state index contributed by atoms with van der Waals surface area (Å²) in [5, 5.41) is 27.3. The van der Waals surface area contributed by atoms with Gasteiger partial charge in [-0.25, -0.2) is 0 Å². The fraction of sp³-hybridized carbons (Fsp3) is 0.351. The van der Waals surface area contributed by atoms with E-state index in [9.17, 15) is 10.2 Å². The summed E-state index contributed by atoms with van der Waals surface area (Å²) in [5.74, 6) is 1.43. The molecule has 0 radical (unpaired) electrons. The van der Waals surface area contributed by atoms with Gasteiger partial charge in [-0.05, 0) is 57.6 Å². The van der Waals surface area contributed by atoms with Crippen LogP contribution in [0.2, 0.25) is 0 Å². The van der Waals surface area contributed by atoms with Gasteiger partial charge in [-0.1, -0.05) is 86.6 Å². The molecule has 4 rings (SSSR count). The molecule has 0 saturated heterocycles. The highest BCUT2D eigenvalue weighted by Gasteiger charge is 2.23. The Morgan fingerprint density at radius 3 is 1.36 bits per heavy atom. The Morgan fingerprint density at radius 1 is 0.600 bits per heavy atom. The second kappa shape index (κ2) is 17.1. The predicted octanol–water partition coefficient (Wildman–Crippen LogP) is 3.99. The molecule has 8 nitrogen and oxygen atoms in total. The number of nitrogens with two attached hydrogens (primary N) is 2. The average Bonchev–Trinajstić information content (AvgIpc) is 3.07. The van der Waals surface area contributed by atoms with Crippen molar-refractivity contribution in [1.82, 2.24) is 10.6 Å². The molecule has 8 N–H and O–H groups in total. The first kappa shape index (κ1) is 34.1. The Bertz CT molecular complexity index is 1330. The normalized spacial score (nSPS) is 12.9. The molecule has 45 heavy (non-hydrogen) atoms. The van der Waals surface area contributed by atoms with E-state index in [0.29, 0.717) is 50.8 Å². The average molecular weight is 613 g/mol. The minimum atomic E-state index is -0.629. The van der Waals surface area contributed by atoms with Gasteiger partial charge >= 0.3 is 0 Å². The van der Waals surface area contributed by atoms with Crippen molar-refractivity contribution in [1.29, 1.82) is 0 Å². The smallest absolute Gasteiger partial charge is 0.119 e. The van der Waals surface area contributed by atoms with Crippen LogP contribution in [-0.2, 0) is 31.6 Å². The van der Waals surface area contributed by atoms with Crippen LogP contribution in [0.25, 0.3) is 0 Å². The van der Waals surface area contributed by atoms with E-state index in [0.717, 1.165) is 33.4 Å². The molecular weight excluding hydrogens is 564 g/mol. The molecule has 4 aromatic rings. The summed E-state index contributed by atoms with van der Waals surface area (Å²) >= 11 is 0. The minimum Gasteiger partial charge on any atom is -0.491 e. The fourth-order valence-corrected chi connectivity index (χ4v) is 5.10. The molecule has 0 heterocycles. The van der Waals surface area contributed by atoms with Crippen LogP contribution in [0.1, 0.15) is 47.2 Å². The van der Waals surface area contributed by atoms with Crippen LogP contribution in [0.3, 0.4) is 0 Å². The largest absolute Gasteiger partial charge is 0.491 e. The zero-order valence-electron chi connectivity index (χ0n) is 26.4. The molecule has 0 aliphatic rings. The molecule has 2 atom stereocenters. The van der Waals surface area contributed by atoms with Gasteiger partial charge in [0.1, 0.15) is 36.9 Å². The minimum absolute atomic E-state index is 0.202. The van der Waals surface area contributed by atoms with Crippen molar-refractivity contribution < 1.29 is 19.7 Å². The van der Waals surface area contributed by atoms with Crippen molar-refractivity contribution in [3.8, 4) is 11.5 Å². The Morgan fingerprint density at radius 2 is 0.978 bits per heavy atom. The van der Waals surface area contributed by atoms with Gasteiger partial charge in [0.2, 0.25) is 0 Å². The molecule has 0 fully saturated rings. The van der Waals surface area contributed by atoms with Gasteiger partial charge in [0.05, 0.1) is 0 Å². The van der Waals surface area contributed by atoms with Crippen LogP contribution in [0, 0.1) is 0 Å². The van der Waals surface area contributed by atoms with Gasteiger partial charge in [-0.2, -0.15) is 0 Å². The third-order valence-electron chi connectivity index (χ3n) is 7.91. The number of rotatable bonds is 18. The lowest BCUT2D eigenvalue weighted by molar-refractivity contribution is 0.106. The van der Waals surface area contributed by atoms with Crippen LogP contribution in [0.4, 0.5) is 0 Å². The second-order valence-corrected chi connectivity index (χ2v) is 11.9. The van der Waals surface area contributed by atoms with Crippen LogP contribution in [-0.4, -0.2) is 48.7 Å². The zero-order chi connectivity index (χ0) is 32.1. The van der Waals surface area contributed by atoms with Crippen molar-refractivity contribution >= 4 is 0 Å². The quantitative estimate of drug-likeness (QED) is 0.0994. The number of aliphatic hydroxyl groups excluding tert-OH is 2. The number of aliphatic hydroxyl groups is 2. The maximum atomic E-state index is 10.4. The van der Waals surface area contributed by atoms with E-state index in [1.165, 1.54) is 0 Å². The molecule has 240 valence electrons. The number of hydrogen-bond acceptors (Lipinski definition) is 8. The summed E-state index contributed by atoms with van der Waals surface area (Å²) in [7, 11) is 0. The van der Waals surface area contributed by atoms with Gasteiger partial charge in [-0.15, -0.1) is 0 Å². The highest BCUT2D eigenvalue weighted by molar-refractivity contribution is 5.42. The number of nitrogens with one attached hydrogen (secondary N) is 2. The number of hydrogen-bond donors (Lipinski definition) is 6. The molecule has 0 aliphatic carbocycles. The summed E-state index contributed by atoms with van der Waals surface area (Å²) < 4.78 is 11.7. The topological polar surface area (TPSA) is 135 Å². The van der Waals surface area contributed by atoms with Gasteiger partial charge < -0.3 is 41.8 Å². The summed E-state index contributed by atoms with van der Waals surface area (Å²) in [6, 6.07) is 32.2. The first-order valence-electron chi connectivity index (χ1n) is 15.6. The number of benzene rings is 4. The lowest BCUT2D eigenvalue weighted by Crippen LogP contribution is -2.31. The van der Waals surface area contributed by atoms with Crippen LogP contribution >= 0.6 is 0 Å². The highest BCUT2D eigenvalue weighted by atomic mass is 16.5. The van der Waals surface area contributed by atoms with E-state index in [2.05, 4.69) is 60.9 Å². The van der Waals surface area contributed by atoms with Crippen LogP contribution < -0.4 is 31.6 Å². The summed E-state index contributed by atoms with van der Waals surface area (Å²) in [5.41, 5.74) is 17.9. The van der Waals surface area contributed by atoms with E-state index in [1.54, 1.807) is 0 Å². The van der Waals surface area contributed by atoms with E-state index in [4.69, 9.17) is 20.9 Å². The molecule has 0 saturated carbocycles. The van der Waals surface area contributed by atoms with Crippen molar-refractivity contribution in [2.24, 2.45) is 11.5 Å². The monoisotopic (exact) mass is 612 g/mol. The van der Waals surface area contributed by atoms with Crippen LogP contribution in [0.5, 0.6) is 11.5 Å². The Balaban J connectivity index is 1.18. The lowest BCUT2D eigenvalue weighted by atomic mass is 9.78. The fourth-order valence-electron chi connectivity index (χ4n) is 5.10. The van der Waals surface area contributed by atoms with Gasteiger partial charge in [-0.3, -0.25) is 0 Å². The van der Waals surface area contributed by atoms with Crippen LogP contribution in [0.15, 0.2) is 97.1 Å². The van der Waals surface area contributed by atoms with E-state index in [1.807, 2.05) is 60.7 Å². The zero-order valence-corrected chi connectivity index (χ0v) is 26.4. The predicted molar refractivity (Wildman–Crippen MR) is 180 cm³/mol. The third-order valence-corrected chi connectivity index (χ3v) is 7.91. The molecular formula is C37H48N4O4. The third kappa shape index (κ3) is 10.7. The highest BCUT2D eigenvalue weighted by Crippen LogP contribution is 2.33. The maximum Gasteiger partial charge on any atom is 0.119 e. The van der Waals surface area contributed by atoms with Gasteiger partial charge in [0, 0.05) is 44.7 Å². The first-order chi connectivity index (χ1) is 21.8. The number of ether oxygens (including phenoxy) is 2. The maximum absolute atomic E-state index is 10.4. The molecule has 0 aromatic heterocycles. The molecule has 4 aromatic carbocycles. The Kier molecular flexibility index (Phi) is 12.9. The first-order valence-corrected chi connectivity index (χ1v) is 15.6. The lowest BCUT2D eigenvalue weighted by Gasteiger charge is -2.26. The summed E-state index contributed by atoms with van der Waals surface area (Å²) in [4.78, 5) is 0. The van der Waals surface area contributed by atoms with Gasteiger partial charge in [0.15, 0.2) is 0 Å². The van der Waals surface area contributed by atoms with E-state index >= 15 is 0 Å². The van der Waals surface area contributed by atoms with E-state index in [-0.39, 0.29) is 18.6 Å². The summed E-state index contributed by atoms with van der Waals surface area (Å²) in [6.45, 7) is 7.96. The van der Waals surface area contributed by atoms with Crippen molar-refractivity contribution in [2.75, 3.05) is 26.3 Å². The standard InChI is InChI=1S/C37H48N4O4/c1-37(2,31-9-13-35(14-10-31)44-25-33(42)23-40-21-29-7-3-5-27(17-29)19-38)32-11-15-36(16-12-32)45-26-34(43)24-41-22-30-8-4-6-28(18-30)20-39/h3-18,33-34,40-43H,19-26,38-39H2,1-2H3. The second-order valence-electron chi connectivity index (χ2n) is 11.9.